The monoisotopic (exact) mass is 491 g/mol. The van der Waals surface area contributed by atoms with E-state index >= 15 is 0 Å². The first kappa shape index (κ1) is 21.4. The molecule has 0 spiro atoms. The van der Waals surface area contributed by atoms with Crippen molar-refractivity contribution >= 4 is 43.0 Å². The molecule has 0 radical (unpaired) electrons. The summed E-state index contributed by atoms with van der Waals surface area (Å²) in [4.78, 5) is 27.8. The Labute approximate surface area is 189 Å². The number of hydrogen-bond acceptors (Lipinski definition) is 3. The molecule has 2 aromatic rings. The second-order valence-corrected chi connectivity index (χ2v) is 12.0. The van der Waals surface area contributed by atoms with Gasteiger partial charge in [-0.3, -0.25) is 0 Å². The molecule has 0 aromatic heterocycles. The number of carbonyl (C=O) groups excluding carboxylic acids is 2. The summed E-state index contributed by atoms with van der Waals surface area (Å²) >= 11 is 6.17. The number of fused-ring (bicyclic) bond motifs is 3. The fraction of sp³-hybridized carbons (Fsp3) is 0.417. The number of piperidine rings is 1. The van der Waals surface area contributed by atoms with Gasteiger partial charge in [0.2, 0.25) is 0 Å². The van der Waals surface area contributed by atoms with Crippen LogP contribution >= 0.6 is 11.6 Å². The number of carbonyl (C=O) groups is 2. The van der Waals surface area contributed by atoms with Crippen molar-refractivity contribution in [3.63, 3.8) is 0 Å². The molecule has 0 bridgehead atoms. The van der Waals surface area contributed by atoms with Gasteiger partial charge in [0.15, 0.2) is 0 Å². The fourth-order valence-corrected chi connectivity index (χ4v) is 7.04. The predicted octanol–water partition coefficient (Wildman–Crippen LogP) is 4.72. The van der Waals surface area contributed by atoms with Crippen molar-refractivity contribution in [3.05, 3.63) is 64.7 Å². The molecule has 2 aromatic carbocycles. The van der Waals surface area contributed by atoms with Gasteiger partial charge in [-0.15, -0.1) is 0 Å². The third-order valence-electron chi connectivity index (χ3n) is 5.60. The van der Waals surface area contributed by atoms with Gasteiger partial charge in [-0.2, -0.15) is 0 Å². The number of aryl methyl sites for hydroxylation is 1. The first-order valence-corrected chi connectivity index (χ1v) is 12.5. The van der Waals surface area contributed by atoms with Gasteiger partial charge in [0, 0.05) is 0 Å². The van der Waals surface area contributed by atoms with E-state index in [4.69, 9.17) is 16.3 Å². The Morgan fingerprint density at radius 2 is 1.90 bits per heavy atom. The SMILES string of the molecule is CC(C)(C)OC(=O)N1C(=O)[C@H]([Se]c2ccccc2)C[C@@H]2c3ccc(Cl)cc3CCC21. The van der Waals surface area contributed by atoms with E-state index in [-0.39, 0.29) is 37.6 Å². The van der Waals surface area contributed by atoms with Crippen LogP contribution in [0.3, 0.4) is 0 Å². The predicted molar refractivity (Wildman–Crippen MR) is 120 cm³/mol. The molecule has 0 saturated carbocycles. The molecule has 6 heteroatoms. The number of halogens is 1. The van der Waals surface area contributed by atoms with Crippen LogP contribution in [-0.2, 0) is 16.0 Å². The summed E-state index contributed by atoms with van der Waals surface area (Å²) in [5.74, 6) is 0.0265. The van der Waals surface area contributed by atoms with Crippen LogP contribution in [0, 0.1) is 0 Å². The van der Waals surface area contributed by atoms with Crippen LogP contribution in [-0.4, -0.2) is 43.5 Å². The minimum absolute atomic E-state index is 0.0619. The molecule has 1 unspecified atom stereocenters. The van der Waals surface area contributed by atoms with E-state index in [9.17, 15) is 9.59 Å². The van der Waals surface area contributed by atoms with Gasteiger partial charge in [-0.25, -0.2) is 0 Å². The summed E-state index contributed by atoms with van der Waals surface area (Å²) in [6.45, 7) is 5.50. The topological polar surface area (TPSA) is 46.6 Å². The molecule has 1 heterocycles. The van der Waals surface area contributed by atoms with Crippen molar-refractivity contribution in [2.24, 2.45) is 0 Å². The zero-order valence-corrected chi connectivity index (χ0v) is 19.9. The zero-order valence-electron chi connectivity index (χ0n) is 17.4. The summed E-state index contributed by atoms with van der Waals surface area (Å²) in [6, 6.07) is 15.9. The molecule has 30 heavy (non-hydrogen) atoms. The molecule has 1 fully saturated rings. The molecule has 4 nitrogen and oxygen atoms in total. The van der Waals surface area contributed by atoms with E-state index in [2.05, 4.69) is 18.2 Å². The Kier molecular flexibility index (Phi) is 5.98. The quantitative estimate of drug-likeness (QED) is 0.572. The molecule has 1 aliphatic heterocycles. The first-order valence-electron chi connectivity index (χ1n) is 10.3. The maximum atomic E-state index is 13.5. The Morgan fingerprint density at radius 3 is 2.60 bits per heavy atom. The number of likely N-dealkylation sites (tertiary alicyclic amines) is 1. The summed E-state index contributed by atoms with van der Waals surface area (Å²) in [5, 5.41) is 0.730. The van der Waals surface area contributed by atoms with Gasteiger partial charge in [0.1, 0.15) is 0 Å². The number of benzene rings is 2. The molecule has 3 atom stereocenters. The number of amides is 2. The van der Waals surface area contributed by atoms with Crippen molar-refractivity contribution in [1.29, 1.82) is 0 Å². The molecule has 1 saturated heterocycles. The van der Waals surface area contributed by atoms with Crippen LogP contribution in [0.25, 0.3) is 0 Å². The summed E-state index contributed by atoms with van der Waals surface area (Å²) in [6.07, 6.45) is 1.78. The molecule has 0 N–H and O–H groups in total. The average molecular weight is 491 g/mol. The van der Waals surface area contributed by atoms with Gasteiger partial charge >= 0.3 is 189 Å². The van der Waals surface area contributed by atoms with Crippen LogP contribution < -0.4 is 4.46 Å². The third-order valence-corrected chi connectivity index (χ3v) is 8.40. The van der Waals surface area contributed by atoms with Crippen molar-refractivity contribution < 1.29 is 14.3 Å². The molecule has 2 aliphatic rings. The standard InChI is InChI=1S/C24H26ClNO3Se/c1-24(2,3)29-23(28)26-20-12-9-15-13-16(25)10-11-18(15)19(20)14-21(22(26)27)30-17-7-5-4-6-8-17/h4-8,10-11,13,19-21H,9,12,14H2,1-3H3/t19-,20?,21-/m1/s1. The molecule has 1 aliphatic carbocycles. The molecular formula is C24H26ClNO3Se. The molecule has 4 rings (SSSR count). The number of nitrogens with zero attached hydrogens (tertiary/aromatic N) is 1. The van der Waals surface area contributed by atoms with Gasteiger partial charge in [-0.05, 0) is 0 Å². The Balaban J connectivity index is 1.70. The molecular weight excluding hydrogens is 465 g/mol. The van der Waals surface area contributed by atoms with Gasteiger partial charge in [-0.1, -0.05) is 0 Å². The van der Waals surface area contributed by atoms with Crippen molar-refractivity contribution in [2.45, 2.75) is 62.4 Å². The van der Waals surface area contributed by atoms with E-state index in [0.717, 1.165) is 28.7 Å². The van der Waals surface area contributed by atoms with E-state index in [0.29, 0.717) is 0 Å². The Bertz CT molecular complexity index is 957. The first-order chi connectivity index (χ1) is 14.2. The second-order valence-electron chi connectivity index (χ2n) is 8.90. The number of hydrogen-bond donors (Lipinski definition) is 0. The summed E-state index contributed by atoms with van der Waals surface area (Å²) < 4.78 is 6.82. The van der Waals surface area contributed by atoms with Crippen LogP contribution in [0.4, 0.5) is 4.79 Å². The zero-order chi connectivity index (χ0) is 21.5. The summed E-state index contributed by atoms with van der Waals surface area (Å²) in [5.41, 5.74) is 1.79. The van der Waals surface area contributed by atoms with Gasteiger partial charge in [0.05, 0.1) is 0 Å². The average Bonchev–Trinajstić information content (AvgIpc) is 2.67. The number of ether oxygens (including phenoxy) is 1. The van der Waals surface area contributed by atoms with Crippen LogP contribution in [0.2, 0.25) is 9.84 Å². The second kappa shape index (κ2) is 8.37. The van der Waals surface area contributed by atoms with Crippen molar-refractivity contribution in [3.8, 4) is 0 Å². The number of imide groups is 1. The minimum atomic E-state index is -0.648. The van der Waals surface area contributed by atoms with Gasteiger partial charge in [0.25, 0.3) is 0 Å². The van der Waals surface area contributed by atoms with E-state index in [1.54, 1.807) is 0 Å². The van der Waals surface area contributed by atoms with Gasteiger partial charge < -0.3 is 0 Å². The van der Waals surface area contributed by atoms with Crippen LogP contribution in [0.5, 0.6) is 0 Å². The summed E-state index contributed by atoms with van der Waals surface area (Å²) in [7, 11) is 0. The molecule has 158 valence electrons. The van der Waals surface area contributed by atoms with Crippen LogP contribution in [0.15, 0.2) is 48.5 Å². The maximum absolute atomic E-state index is 13.5. The fourth-order valence-electron chi connectivity index (χ4n) is 4.41. The molecule has 2 amide bonds. The normalized spacial score (nSPS) is 23.5. The van der Waals surface area contributed by atoms with E-state index in [1.165, 1.54) is 16.0 Å². The van der Waals surface area contributed by atoms with Crippen LogP contribution in [0.1, 0.15) is 50.7 Å². The van der Waals surface area contributed by atoms with E-state index < -0.39 is 11.7 Å². The number of rotatable bonds is 2. The van der Waals surface area contributed by atoms with Crippen molar-refractivity contribution in [2.75, 3.05) is 0 Å². The Hall–Kier alpha value is -1.81. The van der Waals surface area contributed by atoms with Crippen molar-refractivity contribution in [1.82, 2.24) is 4.90 Å². The third kappa shape index (κ3) is 4.44. The Morgan fingerprint density at radius 1 is 1.17 bits per heavy atom. The van der Waals surface area contributed by atoms with E-state index in [1.807, 2.05) is 51.1 Å².